The molecule has 0 aliphatic rings. The van der Waals surface area contributed by atoms with E-state index in [1.807, 2.05) is 30.3 Å². The summed E-state index contributed by atoms with van der Waals surface area (Å²) in [5, 5.41) is 0. The van der Waals surface area contributed by atoms with Crippen molar-refractivity contribution in [3.05, 3.63) is 47.3 Å². The number of hydrogen-bond acceptors (Lipinski definition) is 2. The third-order valence-corrected chi connectivity index (χ3v) is 1.90. The molecule has 0 heterocycles. The van der Waals surface area contributed by atoms with Gasteiger partial charge >= 0.3 is 12.0 Å². The van der Waals surface area contributed by atoms with Crippen LogP contribution in [0.5, 0.6) is 0 Å². The minimum atomic E-state index is -0.720. The maximum Gasteiger partial charge on any atom is 0.390 e. The van der Waals surface area contributed by atoms with Crippen LogP contribution in [0, 0.1) is 6.57 Å². The number of carbonyl (C=O) groups is 1. The molecule has 0 saturated heterocycles. The maximum atomic E-state index is 11.1. The summed E-state index contributed by atoms with van der Waals surface area (Å²) < 4.78 is 4.52. The van der Waals surface area contributed by atoms with Crippen LogP contribution in [0.3, 0.4) is 0 Å². The molecular formula is C11H11NO2. The zero-order valence-electron chi connectivity index (χ0n) is 7.93. The van der Waals surface area contributed by atoms with Crippen molar-refractivity contribution in [2.45, 2.75) is 12.5 Å². The number of ether oxygens (including phenoxy) is 1. The number of rotatable bonds is 3. The first-order valence-corrected chi connectivity index (χ1v) is 4.26. The third-order valence-electron chi connectivity index (χ3n) is 1.90. The highest BCUT2D eigenvalue weighted by molar-refractivity contribution is 5.77. The van der Waals surface area contributed by atoms with Crippen LogP contribution < -0.4 is 0 Å². The minimum Gasteiger partial charge on any atom is -0.463 e. The molecule has 0 saturated carbocycles. The van der Waals surface area contributed by atoms with E-state index in [9.17, 15) is 4.79 Å². The van der Waals surface area contributed by atoms with E-state index in [0.717, 1.165) is 5.56 Å². The molecule has 1 aromatic carbocycles. The van der Waals surface area contributed by atoms with Crippen LogP contribution in [0.4, 0.5) is 0 Å². The summed E-state index contributed by atoms with van der Waals surface area (Å²) in [6.45, 7) is 6.87. The van der Waals surface area contributed by atoms with Crippen molar-refractivity contribution >= 4 is 5.97 Å². The normalized spacial score (nSPS) is 11.4. The molecule has 0 amide bonds. The lowest BCUT2D eigenvalue weighted by molar-refractivity contribution is -0.141. The number of esters is 1. The smallest absolute Gasteiger partial charge is 0.390 e. The second-order valence-electron chi connectivity index (χ2n) is 2.86. The molecule has 0 aromatic heterocycles. The van der Waals surface area contributed by atoms with Crippen molar-refractivity contribution in [3.8, 4) is 0 Å². The zero-order valence-corrected chi connectivity index (χ0v) is 7.93. The molecule has 72 valence electrons. The number of carbonyl (C=O) groups excluding carboxylic acids is 1. The van der Waals surface area contributed by atoms with Gasteiger partial charge in [-0.15, -0.1) is 0 Å². The van der Waals surface area contributed by atoms with Gasteiger partial charge in [0.2, 0.25) is 0 Å². The molecule has 0 radical (unpaired) electrons. The predicted molar refractivity (Wildman–Crippen MR) is 52.6 cm³/mol. The van der Waals surface area contributed by atoms with Crippen LogP contribution in [-0.4, -0.2) is 19.1 Å². The van der Waals surface area contributed by atoms with Gasteiger partial charge in [-0.3, -0.25) is 0 Å². The number of hydrogen-bond donors (Lipinski definition) is 0. The van der Waals surface area contributed by atoms with Crippen molar-refractivity contribution in [1.82, 2.24) is 0 Å². The van der Waals surface area contributed by atoms with Gasteiger partial charge in [0.15, 0.2) is 0 Å². The van der Waals surface area contributed by atoms with Crippen molar-refractivity contribution < 1.29 is 9.53 Å². The average molecular weight is 189 g/mol. The molecule has 1 atom stereocenters. The monoisotopic (exact) mass is 189 g/mol. The largest absolute Gasteiger partial charge is 0.463 e. The van der Waals surface area contributed by atoms with Crippen LogP contribution >= 0.6 is 0 Å². The summed E-state index contributed by atoms with van der Waals surface area (Å²) in [4.78, 5) is 14.3. The lowest BCUT2D eigenvalue weighted by Crippen LogP contribution is -2.20. The van der Waals surface area contributed by atoms with Crippen LogP contribution in [0.1, 0.15) is 5.56 Å². The molecule has 0 spiro atoms. The van der Waals surface area contributed by atoms with Gasteiger partial charge in [0.05, 0.1) is 13.5 Å². The molecule has 0 bridgehead atoms. The third kappa shape index (κ3) is 2.60. The second kappa shape index (κ2) is 5.03. The van der Waals surface area contributed by atoms with Gasteiger partial charge in [0.1, 0.15) is 0 Å². The van der Waals surface area contributed by atoms with Crippen molar-refractivity contribution in [2.75, 3.05) is 7.11 Å². The van der Waals surface area contributed by atoms with Crippen LogP contribution in [0.2, 0.25) is 0 Å². The van der Waals surface area contributed by atoms with E-state index in [2.05, 4.69) is 9.58 Å². The highest BCUT2D eigenvalue weighted by Crippen LogP contribution is 2.06. The lowest BCUT2D eigenvalue weighted by Gasteiger charge is -2.02. The van der Waals surface area contributed by atoms with E-state index in [1.165, 1.54) is 7.11 Å². The molecule has 14 heavy (non-hydrogen) atoms. The van der Waals surface area contributed by atoms with Gasteiger partial charge in [-0.25, -0.2) is 11.4 Å². The first-order chi connectivity index (χ1) is 6.77. The van der Waals surface area contributed by atoms with Crippen molar-refractivity contribution in [1.29, 1.82) is 0 Å². The molecule has 1 aromatic rings. The Morgan fingerprint density at radius 2 is 2.14 bits per heavy atom. The fourth-order valence-corrected chi connectivity index (χ4v) is 1.16. The number of nitrogens with zero attached hydrogens (tertiary/aromatic N) is 1. The summed E-state index contributed by atoms with van der Waals surface area (Å²) in [7, 11) is 1.30. The molecule has 0 fully saturated rings. The van der Waals surface area contributed by atoms with E-state index in [1.54, 1.807) is 0 Å². The quantitative estimate of drug-likeness (QED) is 0.535. The number of benzene rings is 1. The van der Waals surface area contributed by atoms with Gasteiger partial charge in [-0.1, -0.05) is 30.3 Å². The van der Waals surface area contributed by atoms with Crippen molar-refractivity contribution in [2.24, 2.45) is 0 Å². The predicted octanol–water partition coefficient (Wildman–Crippen LogP) is 1.69. The molecule has 0 aliphatic heterocycles. The average Bonchev–Trinajstić information content (AvgIpc) is 2.26. The molecular weight excluding hydrogens is 178 g/mol. The Bertz CT molecular complexity index is 340. The number of methoxy groups -OCH3 is 1. The first kappa shape index (κ1) is 10.3. The van der Waals surface area contributed by atoms with E-state index >= 15 is 0 Å². The summed E-state index contributed by atoms with van der Waals surface area (Å²) in [5.41, 5.74) is 0.971. The highest BCUT2D eigenvalue weighted by atomic mass is 16.5. The van der Waals surface area contributed by atoms with Gasteiger partial charge in [-0.2, -0.15) is 0 Å². The Labute approximate surface area is 83.1 Å². The van der Waals surface area contributed by atoms with Crippen LogP contribution in [0.15, 0.2) is 30.3 Å². The van der Waals surface area contributed by atoms with E-state index < -0.39 is 12.0 Å². The standard InChI is InChI=1S/C11H11NO2/c1-12-10(11(13)14-2)8-9-6-4-3-5-7-9/h3-7,10H,8H2,2H3/t10-/m1/s1. The highest BCUT2D eigenvalue weighted by Gasteiger charge is 2.24. The van der Waals surface area contributed by atoms with Gasteiger partial charge in [0, 0.05) is 0 Å². The minimum absolute atomic E-state index is 0.414. The van der Waals surface area contributed by atoms with Crippen molar-refractivity contribution in [3.63, 3.8) is 0 Å². The Balaban J connectivity index is 2.68. The SMILES string of the molecule is [C-]#[N+][C@H](Cc1ccccc1)C(=O)OC. The Morgan fingerprint density at radius 3 is 2.64 bits per heavy atom. The Kier molecular flexibility index (Phi) is 3.69. The molecule has 0 aliphatic carbocycles. The molecule has 1 rings (SSSR count). The fraction of sp³-hybridized carbons (Fsp3) is 0.273. The molecule has 3 heteroatoms. The van der Waals surface area contributed by atoms with Crippen LogP contribution in [0.25, 0.3) is 4.85 Å². The Morgan fingerprint density at radius 1 is 1.50 bits per heavy atom. The zero-order chi connectivity index (χ0) is 10.4. The van der Waals surface area contributed by atoms with Crippen LogP contribution in [-0.2, 0) is 16.0 Å². The van der Waals surface area contributed by atoms with E-state index in [4.69, 9.17) is 6.57 Å². The summed E-state index contributed by atoms with van der Waals surface area (Å²) >= 11 is 0. The fourth-order valence-electron chi connectivity index (χ4n) is 1.16. The Hall–Kier alpha value is -1.82. The summed E-state index contributed by atoms with van der Waals surface area (Å²) in [6.07, 6.45) is 0.414. The van der Waals surface area contributed by atoms with Gasteiger partial charge in [-0.05, 0) is 5.56 Å². The van der Waals surface area contributed by atoms with Gasteiger partial charge in [0.25, 0.3) is 0 Å². The molecule has 3 nitrogen and oxygen atoms in total. The molecule has 0 N–H and O–H groups in total. The second-order valence-corrected chi connectivity index (χ2v) is 2.86. The topological polar surface area (TPSA) is 30.7 Å². The lowest BCUT2D eigenvalue weighted by atomic mass is 10.1. The summed E-state index contributed by atoms with van der Waals surface area (Å²) in [6, 6.07) is 8.72. The summed E-state index contributed by atoms with van der Waals surface area (Å²) in [5.74, 6) is -0.469. The van der Waals surface area contributed by atoms with E-state index in [0.29, 0.717) is 6.42 Å². The van der Waals surface area contributed by atoms with E-state index in [-0.39, 0.29) is 0 Å². The maximum absolute atomic E-state index is 11.1. The van der Waals surface area contributed by atoms with Gasteiger partial charge < -0.3 is 9.58 Å². The molecule has 0 unspecified atom stereocenters. The first-order valence-electron chi connectivity index (χ1n) is 4.26.